The van der Waals surface area contributed by atoms with Gasteiger partial charge in [-0.3, -0.25) is 9.38 Å². The molecular formula is C18H21F4N5O2. The summed E-state index contributed by atoms with van der Waals surface area (Å²) in [6, 6.07) is 0. The second-order valence-corrected chi connectivity index (χ2v) is 6.69. The summed E-state index contributed by atoms with van der Waals surface area (Å²) in [6.45, 7) is 7.93. The molecule has 2 heterocycles. The van der Waals surface area contributed by atoms with Crippen molar-refractivity contribution in [1.29, 1.82) is 0 Å². The summed E-state index contributed by atoms with van der Waals surface area (Å²) in [7, 11) is 1.52. The molecule has 0 spiro atoms. The highest BCUT2D eigenvalue weighted by molar-refractivity contribution is 5.63. The van der Waals surface area contributed by atoms with E-state index in [1.54, 1.807) is 17.5 Å². The lowest BCUT2D eigenvalue weighted by atomic mass is 10.1. The molecule has 0 aliphatic heterocycles. The van der Waals surface area contributed by atoms with Crippen LogP contribution in [-0.4, -0.2) is 45.2 Å². The zero-order valence-corrected chi connectivity index (χ0v) is 16.6. The molecule has 0 fully saturated rings. The number of rotatable bonds is 7. The predicted octanol–water partition coefficient (Wildman–Crippen LogP) is 4.43. The molecule has 0 unspecified atom stereocenters. The summed E-state index contributed by atoms with van der Waals surface area (Å²) in [5.74, 6) is -1.48. The molecule has 0 aromatic carbocycles. The fourth-order valence-electron chi connectivity index (χ4n) is 2.19. The normalized spacial score (nSPS) is 15.3. The molecule has 0 radical (unpaired) electrons. The molecule has 158 valence electrons. The van der Waals surface area contributed by atoms with Gasteiger partial charge in [-0.1, -0.05) is 0 Å². The van der Waals surface area contributed by atoms with E-state index in [0.29, 0.717) is 22.7 Å². The monoisotopic (exact) mass is 415 g/mol. The summed E-state index contributed by atoms with van der Waals surface area (Å²) in [6.07, 6.45) is -1.11. The average Bonchev–Trinajstić information content (AvgIpc) is 3.07. The first kappa shape index (κ1) is 22.5. The summed E-state index contributed by atoms with van der Waals surface area (Å²) < 4.78 is 65.1. The molecule has 0 N–H and O–H groups in total. The molecule has 2 aromatic heterocycles. The van der Waals surface area contributed by atoms with Crippen LogP contribution >= 0.6 is 0 Å². The first-order valence-electron chi connectivity index (χ1n) is 8.45. The summed E-state index contributed by atoms with van der Waals surface area (Å²) in [5.41, 5.74) is -1.53. The summed E-state index contributed by atoms with van der Waals surface area (Å²) in [5, 5.41) is 8.00. The molecular weight excluding hydrogens is 394 g/mol. The zero-order chi connectivity index (χ0) is 22.0. The highest BCUT2D eigenvalue weighted by Gasteiger charge is 2.50. The Kier molecular flexibility index (Phi) is 6.41. The fraction of sp³-hybridized carbons (Fsp3) is 0.444. The van der Waals surface area contributed by atoms with E-state index < -0.39 is 23.5 Å². The smallest absolute Gasteiger partial charge is 0.427 e. The van der Waals surface area contributed by atoms with Crippen molar-refractivity contribution in [1.82, 2.24) is 19.6 Å². The summed E-state index contributed by atoms with van der Waals surface area (Å²) in [4.78, 5) is 7.42. The van der Waals surface area contributed by atoms with Crippen LogP contribution in [0.15, 0.2) is 35.2 Å². The van der Waals surface area contributed by atoms with Crippen LogP contribution in [0.5, 0.6) is 0 Å². The maximum absolute atomic E-state index is 14.5. The van der Waals surface area contributed by atoms with Crippen molar-refractivity contribution < 1.29 is 27.0 Å². The minimum atomic E-state index is -4.72. The number of aromatic nitrogens is 4. The van der Waals surface area contributed by atoms with Gasteiger partial charge in [0.1, 0.15) is 6.10 Å². The van der Waals surface area contributed by atoms with Crippen molar-refractivity contribution in [3.63, 3.8) is 0 Å². The second kappa shape index (κ2) is 8.27. The standard InChI is InChI=1S/C18H21F4N5O2/c1-10(7-12(19)16(23-5)29-17(3,4)18(20,21)22)13-9-27-14(8-24-13)25-26-15(27)11(2)28-6/h7-9,11H,5H2,1-4,6H3/b10-7+,16-12-/t11-/m0/s1. The van der Waals surface area contributed by atoms with Gasteiger partial charge in [-0.25, -0.2) is 9.38 Å². The van der Waals surface area contributed by atoms with Gasteiger partial charge in [0.2, 0.25) is 0 Å². The number of alkyl halides is 3. The van der Waals surface area contributed by atoms with Gasteiger partial charge in [0.25, 0.3) is 5.88 Å². The predicted molar refractivity (Wildman–Crippen MR) is 98.8 cm³/mol. The number of nitrogens with zero attached hydrogens (tertiary/aromatic N) is 5. The Bertz CT molecular complexity index is 963. The topological polar surface area (TPSA) is 73.9 Å². The minimum Gasteiger partial charge on any atom is -0.460 e. The van der Waals surface area contributed by atoms with Gasteiger partial charge >= 0.3 is 6.18 Å². The third-order valence-electron chi connectivity index (χ3n) is 4.17. The van der Waals surface area contributed by atoms with Gasteiger partial charge < -0.3 is 9.47 Å². The second-order valence-electron chi connectivity index (χ2n) is 6.69. The maximum Gasteiger partial charge on any atom is 0.427 e. The zero-order valence-electron chi connectivity index (χ0n) is 16.6. The van der Waals surface area contributed by atoms with E-state index in [4.69, 9.17) is 9.47 Å². The molecule has 0 saturated carbocycles. The quantitative estimate of drug-likeness (QED) is 0.289. The molecule has 2 rings (SSSR count). The lowest BCUT2D eigenvalue weighted by Gasteiger charge is -2.28. The molecule has 0 aliphatic rings. The Morgan fingerprint density at radius 3 is 2.52 bits per heavy atom. The van der Waals surface area contributed by atoms with Crippen molar-refractivity contribution in [2.45, 2.75) is 45.6 Å². The number of fused-ring (bicyclic) bond motifs is 1. The van der Waals surface area contributed by atoms with Crippen LogP contribution in [0.2, 0.25) is 0 Å². The highest BCUT2D eigenvalue weighted by Crippen LogP contribution is 2.35. The van der Waals surface area contributed by atoms with Crippen molar-refractivity contribution in [3.8, 4) is 0 Å². The van der Waals surface area contributed by atoms with Crippen molar-refractivity contribution in [2.24, 2.45) is 4.99 Å². The van der Waals surface area contributed by atoms with Crippen molar-refractivity contribution >= 4 is 17.9 Å². The molecule has 1 atom stereocenters. The molecule has 29 heavy (non-hydrogen) atoms. The van der Waals surface area contributed by atoms with Crippen LogP contribution in [0.3, 0.4) is 0 Å². The van der Waals surface area contributed by atoms with E-state index in [0.717, 1.165) is 19.9 Å². The van der Waals surface area contributed by atoms with E-state index in [1.807, 2.05) is 0 Å². The number of methoxy groups -OCH3 is 1. The van der Waals surface area contributed by atoms with E-state index in [-0.39, 0.29) is 6.10 Å². The number of hydrogen-bond donors (Lipinski definition) is 0. The molecule has 0 amide bonds. The Morgan fingerprint density at radius 2 is 1.97 bits per heavy atom. The summed E-state index contributed by atoms with van der Waals surface area (Å²) >= 11 is 0. The van der Waals surface area contributed by atoms with Crippen LogP contribution in [0.1, 0.15) is 45.3 Å². The number of aliphatic imine (C=N–C) groups is 1. The van der Waals surface area contributed by atoms with Gasteiger partial charge in [-0.2, -0.15) is 13.2 Å². The van der Waals surface area contributed by atoms with Gasteiger partial charge in [-0.05, 0) is 46.1 Å². The van der Waals surface area contributed by atoms with Crippen LogP contribution in [-0.2, 0) is 9.47 Å². The molecule has 7 nitrogen and oxygen atoms in total. The fourth-order valence-corrected chi connectivity index (χ4v) is 2.19. The first-order valence-corrected chi connectivity index (χ1v) is 8.45. The molecule has 0 aliphatic carbocycles. The number of ether oxygens (including phenoxy) is 2. The Balaban J connectivity index is 2.42. The number of halogens is 4. The van der Waals surface area contributed by atoms with E-state index in [9.17, 15) is 17.6 Å². The van der Waals surface area contributed by atoms with E-state index >= 15 is 0 Å². The van der Waals surface area contributed by atoms with Gasteiger partial charge in [0, 0.05) is 13.3 Å². The lowest BCUT2D eigenvalue weighted by molar-refractivity contribution is -0.252. The van der Waals surface area contributed by atoms with Crippen LogP contribution in [0.4, 0.5) is 17.6 Å². The third-order valence-corrected chi connectivity index (χ3v) is 4.17. The average molecular weight is 415 g/mol. The Morgan fingerprint density at radius 1 is 1.31 bits per heavy atom. The Hall–Kier alpha value is -2.82. The maximum atomic E-state index is 14.5. The number of allylic oxidation sites excluding steroid dienone is 3. The van der Waals surface area contributed by atoms with Crippen LogP contribution in [0, 0.1) is 0 Å². The minimum absolute atomic E-state index is 0.309. The van der Waals surface area contributed by atoms with Crippen molar-refractivity contribution in [3.05, 3.63) is 41.7 Å². The van der Waals surface area contributed by atoms with Gasteiger partial charge in [0.05, 0.1) is 11.9 Å². The highest BCUT2D eigenvalue weighted by atomic mass is 19.4. The molecule has 11 heteroatoms. The molecule has 2 aromatic rings. The van der Waals surface area contributed by atoms with Gasteiger partial charge in [0.15, 0.2) is 22.9 Å². The van der Waals surface area contributed by atoms with Gasteiger partial charge in [-0.15, -0.1) is 10.2 Å². The molecule has 0 saturated heterocycles. The SMILES string of the molecule is C=N/C(OC(C)(C)C(F)(F)F)=C(F)\C=C(/C)c1cn2c([C@H](C)OC)nnc2cn1. The first-order chi connectivity index (χ1) is 13.4. The largest absolute Gasteiger partial charge is 0.460 e. The van der Waals surface area contributed by atoms with Crippen LogP contribution in [0.25, 0.3) is 11.2 Å². The number of hydrogen-bond acceptors (Lipinski definition) is 6. The van der Waals surface area contributed by atoms with E-state index in [2.05, 4.69) is 26.9 Å². The third kappa shape index (κ3) is 4.78. The van der Waals surface area contributed by atoms with Crippen LogP contribution < -0.4 is 0 Å². The Labute approximate surface area is 164 Å². The van der Waals surface area contributed by atoms with E-state index in [1.165, 1.54) is 20.2 Å². The molecule has 0 bridgehead atoms. The lowest BCUT2D eigenvalue weighted by Crippen LogP contribution is -2.41. The van der Waals surface area contributed by atoms with Crippen molar-refractivity contribution in [2.75, 3.05) is 7.11 Å².